The Morgan fingerprint density at radius 3 is 2.28 bits per heavy atom. The van der Waals surface area contributed by atoms with Crippen LogP contribution in [0.1, 0.15) is 0 Å². The number of benzene rings is 2. The van der Waals surface area contributed by atoms with Gasteiger partial charge in [0.15, 0.2) is 9.84 Å². The monoisotopic (exact) mass is 449 g/mol. The third-order valence-electron chi connectivity index (χ3n) is 3.85. The minimum absolute atomic E-state index is 0.0288. The van der Waals surface area contributed by atoms with Crippen LogP contribution in [0.2, 0.25) is 0 Å². The smallest absolute Gasteiger partial charge is 0.376 e. The van der Waals surface area contributed by atoms with Crippen LogP contribution in [0.4, 0.5) is 17.6 Å². The first kappa shape index (κ1) is 21.0. The molecule has 0 N–H and O–H groups in total. The van der Waals surface area contributed by atoms with Crippen LogP contribution in [0.3, 0.4) is 0 Å². The Labute approximate surface area is 162 Å². The van der Waals surface area contributed by atoms with E-state index in [1.807, 2.05) is 0 Å². The molecule has 1 heterocycles. The van der Waals surface area contributed by atoms with E-state index in [0.717, 1.165) is 24.5 Å². The highest BCUT2D eigenvalue weighted by Gasteiger charge is 2.48. The minimum Gasteiger partial charge on any atom is -0.376 e. The van der Waals surface area contributed by atoms with E-state index in [1.54, 1.807) is 0 Å². The van der Waals surface area contributed by atoms with Gasteiger partial charge in [-0.1, -0.05) is 12.1 Å². The van der Waals surface area contributed by atoms with Gasteiger partial charge in [0.25, 0.3) is 0 Å². The molecule has 0 aliphatic carbocycles. The fourth-order valence-electron chi connectivity index (χ4n) is 2.62. The molecule has 0 radical (unpaired) electrons. The molecule has 0 bridgehead atoms. The largest absolute Gasteiger partial charge is 0.534 e. The number of fused-ring (bicyclic) bond motifs is 1. The average Bonchev–Trinajstić information content (AvgIpc) is 2.60. The molecular formula is C17H11F4NO5S2. The number of rotatable bonds is 4. The lowest BCUT2D eigenvalue weighted by molar-refractivity contribution is -0.0500. The van der Waals surface area contributed by atoms with Crippen molar-refractivity contribution in [3.05, 3.63) is 54.5 Å². The molecule has 0 aliphatic heterocycles. The maximum absolute atomic E-state index is 14.4. The minimum atomic E-state index is -5.95. The zero-order valence-electron chi connectivity index (χ0n) is 14.4. The van der Waals surface area contributed by atoms with Gasteiger partial charge in [0.2, 0.25) is 0 Å². The van der Waals surface area contributed by atoms with Crippen molar-refractivity contribution in [3.63, 3.8) is 0 Å². The zero-order valence-corrected chi connectivity index (χ0v) is 16.1. The number of aromatic nitrogens is 1. The topological polar surface area (TPSA) is 90.4 Å². The van der Waals surface area contributed by atoms with Crippen LogP contribution in [0.15, 0.2) is 53.6 Å². The molecule has 3 rings (SSSR count). The summed E-state index contributed by atoms with van der Waals surface area (Å²) in [5.74, 6) is -1.65. The number of nitrogens with zero attached hydrogens (tertiary/aromatic N) is 1. The van der Waals surface area contributed by atoms with Gasteiger partial charge >= 0.3 is 15.6 Å². The highest BCUT2D eigenvalue weighted by atomic mass is 32.2. The molecule has 3 aromatic rings. The summed E-state index contributed by atoms with van der Waals surface area (Å²) in [6.45, 7) is 0. The first-order chi connectivity index (χ1) is 13.3. The summed E-state index contributed by atoms with van der Waals surface area (Å²) in [6, 6.07) is 7.72. The Bertz CT molecular complexity index is 1320. The molecule has 0 unspecified atom stereocenters. The van der Waals surface area contributed by atoms with Crippen LogP contribution in [-0.4, -0.2) is 33.6 Å². The number of hydrogen-bond donors (Lipinski definition) is 0. The lowest BCUT2D eigenvalue weighted by Crippen LogP contribution is -2.28. The molecule has 6 nitrogen and oxygen atoms in total. The van der Waals surface area contributed by atoms with Crippen molar-refractivity contribution < 1.29 is 38.6 Å². The summed E-state index contributed by atoms with van der Waals surface area (Å²) in [6.07, 6.45) is 2.17. The third kappa shape index (κ3) is 4.03. The van der Waals surface area contributed by atoms with Gasteiger partial charge in [0.05, 0.1) is 10.4 Å². The quantitative estimate of drug-likeness (QED) is 0.343. The van der Waals surface area contributed by atoms with Crippen molar-refractivity contribution in [3.8, 4) is 16.9 Å². The first-order valence-corrected chi connectivity index (χ1v) is 11.0. The number of sulfone groups is 1. The average molecular weight is 449 g/mol. The predicted molar refractivity (Wildman–Crippen MR) is 95.8 cm³/mol. The summed E-state index contributed by atoms with van der Waals surface area (Å²) in [5, 5.41) is 0.199. The highest BCUT2D eigenvalue weighted by molar-refractivity contribution is 7.91. The Morgan fingerprint density at radius 1 is 0.966 bits per heavy atom. The summed E-state index contributed by atoms with van der Waals surface area (Å²) < 4.78 is 102. The molecule has 0 fully saturated rings. The molecule has 154 valence electrons. The molecule has 0 aliphatic rings. The molecule has 0 atom stereocenters. The Kier molecular flexibility index (Phi) is 5.03. The van der Waals surface area contributed by atoms with Gasteiger partial charge in [0, 0.05) is 23.4 Å². The highest BCUT2D eigenvalue weighted by Crippen LogP contribution is 2.35. The second-order valence-corrected chi connectivity index (χ2v) is 9.43. The molecule has 1 aromatic heterocycles. The van der Waals surface area contributed by atoms with Crippen LogP contribution in [-0.2, 0) is 20.0 Å². The van der Waals surface area contributed by atoms with E-state index in [2.05, 4.69) is 9.17 Å². The molecule has 0 amide bonds. The summed E-state index contributed by atoms with van der Waals surface area (Å²) in [5.41, 5.74) is -5.83. The SMILES string of the molecule is CS(=O)(=O)c1cccc2c(-c3cc(OS(=O)(=O)C(F)(F)F)ccc3F)ccnc12. The maximum atomic E-state index is 14.4. The van der Waals surface area contributed by atoms with Crippen LogP contribution in [0, 0.1) is 5.82 Å². The van der Waals surface area contributed by atoms with Crippen molar-refractivity contribution >= 4 is 30.9 Å². The van der Waals surface area contributed by atoms with Gasteiger partial charge in [0.1, 0.15) is 11.6 Å². The molecule has 0 saturated heterocycles. The first-order valence-electron chi connectivity index (χ1n) is 7.70. The fraction of sp³-hybridized carbons (Fsp3) is 0.118. The standard InChI is InChI=1S/C17H11F4NO5S2/c1-28(23,24)15-4-2-3-12-11(7-8-22-16(12)15)13-9-10(5-6-14(13)18)27-29(25,26)17(19,20)21/h2-9H,1H3. The van der Waals surface area contributed by atoms with E-state index in [9.17, 15) is 34.4 Å². The molecule has 12 heteroatoms. The molecule has 0 spiro atoms. The van der Waals surface area contributed by atoms with Gasteiger partial charge in [-0.2, -0.15) is 21.6 Å². The van der Waals surface area contributed by atoms with E-state index in [-0.39, 0.29) is 26.9 Å². The lowest BCUT2D eigenvalue weighted by atomic mass is 10.0. The molecule has 0 saturated carbocycles. The molecular weight excluding hydrogens is 438 g/mol. The summed E-state index contributed by atoms with van der Waals surface area (Å²) >= 11 is 0. The van der Waals surface area contributed by atoms with Gasteiger partial charge < -0.3 is 4.18 Å². The predicted octanol–water partition coefficient (Wildman–Crippen LogP) is 3.67. The Morgan fingerprint density at radius 2 is 1.66 bits per heavy atom. The fourth-order valence-corrected chi connectivity index (χ4v) is 3.91. The maximum Gasteiger partial charge on any atom is 0.534 e. The Balaban J connectivity index is 2.21. The lowest BCUT2D eigenvalue weighted by Gasteiger charge is -2.13. The number of pyridine rings is 1. The van der Waals surface area contributed by atoms with E-state index >= 15 is 0 Å². The zero-order chi connectivity index (χ0) is 21.6. The van der Waals surface area contributed by atoms with Crippen molar-refractivity contribution in [2.75, 3.05) is 6.26 Å². The second kappa shape index (κ2) is 6.95. The summed E-state index contributed by atoms with van der Waals surface area (Å²) in [4.78, 5) is 3.88. The van der Waals surface area contributed by atoms with E-state index in [4.69, 9.17) is 0 Å². The van der Waals surface area contributed by atoms with Crippen LogP contribution in [0.25, 0.3) is 22.0 Å². The van der Waals surface area contributed by atoms with E-state index in [1.165, 1.54) is 30.5 Å². The normalized spacial score (nSPS) is 12.9. The number of para-hydroxylation sites is 1. The van der Waals surface area contributed by atoms with Crippen molar-refractivity contribution in [2.24, 2.45) is 0 Å². The van der Waals surface area contributed by atoms with Gasteiger partial charge in [-0.3, -0.25) is 4.98 Å². The van der Waals surface area contributed by atoms with Crippen LogP contribution >= 0.6 is 0 Å². The molecule has 2 aromatic carbocycles. The number of hydrogen-bond acceptors (Lipinski definition) is 6. The van der Waals surface area contributed by atoms with Crippen LogP contribution in [0.5, 0.6) is 5.75 Å². The van der Waals surface area contributed by atoms with E-state index < -0.39 is 37.0 Å². The van der Waals surface area contributed by atoms with Crippen molar-refractivity contribution in [1.29, 1.82) is 0 Å². The van der Waals surface area contributed by atoms with Crippen molar-refractivity contribution in [2.45, 2.75) is 10.4 Å². The Hall–Kier alpha value is -2.73. The summed E-state index contributed by atoms with van der Waals surface area (Å²) in [7, 11) is -9.62. The van der Waals surface area contributed by atoms with Crippen molar-refractivity contribution in [1.82, 2.24) is 4.98 Å². The van der Waals surface area contributed by atoms with Gasteiger partial charge in [-0.05, 0) is 35.9 Å². The van der Waals surface area contributed by atoms with Crippen LogP contribution < -0.4 is 4.18 Å². The van der Waals surface area contributed by atoms with Gasteiger partial charge in [-0.25, -0.2) is 12.8 Å². The number of halogens is 4. The number of alkyl halides is 3. The second-order valence-electron chi connectivity index (χ2n) is 5.91. The van der Waals surface area contributed by atoms with E-state index in [0.29, 0.717) is 0 Å². The molecule has 29 heavy (non-hydrogen) atoms. The van der Waals surface area contributed by atoms with Gasteiger partial charge in [-0.15, -0.1) is 0 Å². The third-order valence-corrected chi connectivity index (χ3v) is 5.96.